The average Bonchev–Trinajstić information content (AvgIpc) is 2.74. The highest BCUT2D eigenvalue weighted by molar-refractivity contribution is 6.04. The Morgan fingerprint density at radius 3 is 2.52 bits per heavy atom. The third kappa shape index (κ3) is 3.16. The number of fused-ring (bicyclic) bond motifs is 1. The molecule has 0 N–H and O–H groups in total. The highest BCUT2D eigenvalue weighted by Gasteiger charge is 2.20. The van der Waals surface area contributed by atoms with E-state index in [2.05, 4.69) is 0 Å². The van der Waals surface area contributed by atoms with Gasteiger partial charge in [-0.1, -0.05) is 0 Å². The lowest BCUT2D eigenvalue weighted by Gasteiger charge is -2.04. The molecule has 0 atom stereocenters. The highest BCUT2D eigenvalue weighted by atomic mass is 16.7. The Hall–Kier alpha value is -2.50. The summed E-state index contributed by atoms with van der Waals surface area (Å²) in [6.07, 6.45) is -0.797. The molecule has 0 saturated carbocycles. The Labute approximate surface area is 121 Å². The molecule has 1 aromatic carbocycles. The fourth-order valence-corrected chi connectivity index (χ4v) is 1.96. The molecular formula is C15H16O6. The molecule has 1 aromatic heterocycles. The van der Waals surface area contributed by atoms with Gasteiger partial charge in [0, 0.05) is 5.39 Å². The minimum absolute atomic E-state index is 0.222. The van der Waals surface area contributed by atoms with E-state index in [1.807, 2.05) is 0 Å². The van der Waals surface area contributed by atoms with E-state index in [0.717, 1.165) is 0 Å². The van der Waals surface area contributed by atoms with Crippen LogP contribution in [0.5, 0.6) is 5.75 Å². The van der Waals surface area contributed by atoms with Gasteiger partial charge in [0.1, 0.15) is 22.7 Å². The standard InChI is InChI=1S/C15H16O6/c1-4-18-14(16)13-9(3)20-12-7-6-10(8-11(12)13)21-15(17)19-5-2/h6-8H,4-5H2,1-3H3. The van der Waals surface area contributed by atoms with Gasteiger partial charge in [0.05, 0.1) is 13.2 Å². The monoisotopic (exact) mass is 292 g/mol. The molecule has 0 spiro atoms. The molecule has 112 valence electrons. The number of carbonyl (C=O) groups is 2. The summed E-state index contributed by atoms with van der Waals surface area (Å²) in [6.45, 7) is 5.58. The number of ether oxygens (including phenoxy) is 3. The predicted octanol–water partition coefficient (Wildman–Crippen LogP) is 3.45. The van der Waals surface area contributed by atoms with E-state index in [-0.39, 0.29) is 19.0 Å². The van der Waals surface area contributed by atoms with Crippen LogP contribution >= 0.6 is 0 Å². The maximum atomic E-state index is 12.0. The second kappa shape index (κ2) is 6.30. The molecule has 0 aliphatic rings. The van der Waals surface area contributed by atoms with Crippen molar-refractivity contribution in [3.05, 3.63) is 29.5 Å². The largest absolute Gasteiger partial charge is 0.513 e. The van der Waals surface area contributed by atoms with Gasteiger partial charge in [-0.2, -0.15) is 0 Å². The van der Waals surface area contributed by atoms with Crippen molar-refractivity contribution in [3.8, 4) is 5.75 Å². The molecule has 0 unspecified atom stereocenters. The summed E-state index contributed by atoms with van der Waals surface area (Å²) in [4.78, 5) is 23.3. The van der Waals surface area contributed by atoms with Crippen molar-refractivity contribution in [1.82, 2.24) is 0 Å². The van der Waals surface area contributed by atoms with E-state index in [1.54, 1.807) is 39.0 Å². The minimum Gasteiger partial charge on any atom is -0.462 e. The second-order valence-electron chi connectivity index (χ2n) is 4.20. The van der Waals surface area contributed by atoms with E-state index >= 15 is 0 Å². The molecule has 0 amide bonds. The Morgan fingerprint density at radius 1 is 1.14 bits per heavy atom. The third-order valence-electron chi connectivity index (χ3n) is 2.78. The van der Waals surface area contributed by atoms with Crippen LogP contribution in [0.3, 0.4) is 0 Å². The molecule has 0 bridgehead atoms. The lowest BCUT2D eigenvalue weighted by atomic mass is 10.1. The van der Waals surface area contributed by atoms with Gasteiger partial charge < -0.3 is 18.6 Å². The van der Waals surface area contributed by atoms with Gasteiger partial charge in [-0.25, -0.2) is 9.59 Å². The Balaban J connectivity index is 2.38. The van der Waals surface area contributed by atoms with Gasteiger partial charge in [-0.15, -0.1) is 0 Å². The number of carbonyl (C=O) groups excluding carboxylic acids is 2. The zero-order valence-corrected chi connectivity index (χ0v) is 12.1. The Morgan fingerprint density at radius 2 is 1.86 bits per heavy atom. The number of aryl methyl sites for hydroxylation is 1. The van der Waals surface area contributed by atoms with Crippen LogP contribution in [0.15, 0.2) is 22.6 Å². The van der Waals surface area contributed by atoms with Crippen LogP contribution in [0.4, 0.5) is 4.79 Å². The molecule has 0 radical (unpaired) electrons. The fourth-order valence-electron chi connectivity index (χ4n) is 1.96. The molecule has 0 aliphatic heterocycles. The number of hydrogen-bond acceptors (Lipinski definition) is 6. The molecule has 0 fully saturated rings. The van der Waals surface area contributed by atoms with Gasteiger partial charge in [0.2, 0.25) is 0 Å². The van der Waals surface area contributed by atoms with Crippen LogP contribution < -0.4 is 4.74 Å². The van der Waals surface area contributed by atoms with E-state index in [1.165, 1.54) is 0 Å². The molecule has 6 heteroatoms. The summed E-state index contributed by atoms with van der Waals surface area (Å²) in [5, 5.41) is 0.535. The van der Waals surface area contributed by atoms with Crippen LogP contribution in [0.2, 0.25) is 0 Å². The summed E-state index contributed by atoms with van der Waals surface area (Å²) in [5.74, 6) is 0.256. The van der Waals surface area contributed by atoms with E-state index in [9.17, 15) is 9.59 Å². The van der Waals surface area contributed by atoms with Crippen molar-refractivity contribution in [2.45, 2.75) is 20.8 Å². The molecule has 2 aromatic rings. The van der Waals surface area contributed by atoms with Crippen LogP contribution in [0, 0.1) is 6.92 Å². The highest BCUT2D eigenvalue weighted by Crippen LogP contribution is 2.29. The molecule has 2 rings (SSSR count). The summed E-state index contributed by atoms with van der Waals surface area (Å²) >= 11 is 0. The van der Waals surface area contributed by atoms with Crippen LogP contribution in [0.25, 0.3) is 11.0 Å². The van der Waals surface area contributed by atoms with E-state index < -0.39 is 12.1 Å². The summed E-state index contributed by atoms with van der Waals surface area (Å²) in [5.41, 5.74) is 0.855. The average molecular weight is 292 g/mol. The van der Waals surface area contributed by atoms with Crippen LogP contribution in [0.1, 0.15) is 30.0 Å². The quantitative estimate of drug-likeness (QED) is 0.634. The maximum absolute atomic E-state index is 12.0. The van der Waals surface area contributed by atoms with Crippen molar-refractivity contribution >= 4 is 23.1 Å². The van der Waals surface area contributed by atoms with Gasteiger partial charge in [-0.3, -0.25) is 0 Å². The summed E-state index contributed by atoms with van der Waals surface area (Å²) in [7, 11) is 0. The zero-order valence-electron chi connectivity index (χ0n) is 12.1. The van der Waals surface area contributed by atoms with Crippen molar-refractivity contribution < 1.29 is 28.2 Å². The number of rotatable bonds is 4. The Bertz CT molecular complexity index is 670. The second-order valence-corrected chi connectivity index (χ2v) is 4.20. The summed E-state index contributed by atoms with van der Waals surface area (Å²) in [6, 6.07) is 4.74. The van der Waals surface area contributed by atoms with E-state index in [4.69, 9.17) is 18.6 Å². The van der Waals surface area contributed by atoms with Gasteiger partial charge in [0.15, 0.2) is 0 Å². The normalized spacial score (nSPS) is 10.4. The molecule has 6 nitrogen and oxygen atoms in total. The molecular weight excluding hydrogens is 276 g/mol. The van der Waals surface area contributed by atoms with Gasteiger partial charge >= 0.3 is 12.1 Å². The number of benzene rings is 1. The number of hydrogen-bond donors (Lipinski definition) is 0. The number of esters is 1. The van der Waals surface area contributed by atoms with Crippen molar-refractivity contribution in [3.63, 3.8) is 0 Å². The van der Waals surface area contributed by atoms with Crippen molar-refractivity contribution in [2.75, 3.05) is 13.2 Å². The number of furan rings is 1. The van der Waals surface area contributed by atoms with Gasteiger partial charge in [0.25, 0.3) is 0 Å². The molecule has 1 heterocycles. The Kier molecular flexibility index (Phi) is 4.47. The first-order valence-electron chi connectivity index (χ1n) is 6.61. The molecule has 0 aliphatic carbocycles. The fraction of sp³-hybridized carbons (Fsp3) is 0.333. The van der Waals surface area contributed by atoms with Crippen LogP contribution in [-0.4, -0.2) is 25.3 Å². The molecule has 21 heavy (non-hydrogen) atoms. The zero-order chi connectivity index (χ0) is 15.4. The maximum Gasteiger partial charge on any atom is 0.513 e. The lowest BCUT2D eigenvalue weighted by molar-refractivity contribution is 0.0526. The topological polar surface area (TPSA) is 75.0 Å². The first kappa shape index (κ1) is 14.9. The SMILES string of the molecule is CCOC(=O)Oc1ccc2oc(C)c(C(=O)OCC)c2c1. The minimum atomic E-state index is -0.797. The van der Waals surface area contributed by atoms with Crippen molar-refractivity contribution in [2.24, 2.45) is 0 Å². The lowest BCUT2D eigenvalue weighted by Crippen LogP contribution is -2.10. The third-order valence-corrected chi connectivity index (χ3v) is 2.78. The van der Waals surface area contributed by atoms with Crippen LogP contribution in [-0.2, 0) is 9.47 Å². The predicted molar refractivity (Wildman–Crippen MR) is 74.6 cm³/mol. The molecule has 0 saturated heterocycles. The van der Waals surface area contributed by atoms with Gasteiger partial charge in [-0.05, 0) is 39.0 Å². The smallest absolute Gasteiger partial charge is 0.462 e. The first-order chi connectivity index (χ1) is 10.1. The van der Waals surface area contributed by atoms with E-state index in [0.29, 0.717) is 22.3 Å². The summed E-state index contributed by atoms with van der Waals surface area (Å²) < 4.78 is 20.2. The van der Waals surface area contributed by atoms with Crippen molar-refractivity contribution in [1.29, 1.82) is 0 Å². The first-order valence-corrected chi connectivity index (χ1v) is 6.61.